The van der Waals surface area contributed by atoms with Crippen LogP contribution < -0.4 is 5.73 Å². The van der Waals surface area contributed by atoms with Gasteiger partial charge >= 0.3 is 12.4 Å². The average molecular weight is 306 g/mol. The zero-order valence-corrected chi connectivity index (χ0v) is 11.0. The minimum Gasteiger partial charge on any atom is -0.341 e. The summed E-state index contributed by atoms with van der Waals surface area (Å²) in [6.45, 7) is 0.887. The Labute approximate surface area is 112 Å². The number of nitrogens with two attached hydrogens (primary N) is 1. The third-order valence-electron chi connectivity index (χ3n) is 3.84. The predicted molar refractivity (Wildman–Crippen MR) is 58.6 cm³/mol. The highest BCUT2D eigenvalue weighted by molar-refractivity contribution is 5.79. The van der Waals surface area contributed by atoms with Gasteiger partial charge in [0, 0.05) is 19.1 Å². The van der Waals surface area contributed by atoms with Crippen molar-refractivity contribution < 1.29 is 31.1 Å². The first-order valence-corrected chi connectivity index (χ1v) is 6.01. The third kappa shape index (κ3) is 2.72. The van der Waals surface area contributed by atoms with Crippen LogP contribution in [0.1, 0.15) is 20.3 Å². The fourth-order valence-corrected chi connectivity index (χ4v) is 2.13. The molecule has 9 heteroatoms. The van der Waals surface area contributed by atoms with Gasteiger partial charge < -0.3 is 10.6 Å². The molecule has 2 N–H and O–H groups in total. The zero-order valence-electron chi connectivity index (χ0n) is 11.0. The SMILES string of the molecule is CC(N)C(C)C(=O)N1CCC(C(F)(F)F)(C(F)(F)F)C1. The molecule has 0 bridgehead atoms. The maximum atomic E-state index is 12.8. The van der Waals surface area contributed by atoms with E-state index in [1.807, 2.05) is 0 Å². The zero-order chi connectivity index (χ0) is 15.9. The normalized spacial score (nSPS) is 22.8. The van der Waals surface area contributed by atoms with Crippen LogP contribution in [-0.2, 0) is 4.79 Å². The Morgan fingerprint density at radius 2 is 1.60 bits per heavy atom. The highest BCUT2D eigenvalue weighted by atomic mass is 19.4. The van der Waals surface area contributed by atoms with Gasteiger partial charge in [-0.2, -0.15) is 26.3 Å². The molecule has 0 aromatic heterocycles. The van der Waals surface area contributed by atoms with Crippen molar-refractivity contribution in [3.05, 3.63) is 0 Å². The van der Waals surface area contributed by atoms with Crippen molar-refractivity contribution in [2.75, 3.05) is 13.1 Å². The van der Waals surface area contributed by atoms with Gasteiger partial charge in [-0.3, -0.25) is 4.79 Å². The number of carbonyl (C=O) groups excluding carboxylic acids is 1. The van der Waals surface area contributed by atoms with Crippen molar-refractivity contribution >= 4 is 5.91 Å². The number of hydrogen-bond donors (Lipinski definition) is 1. The predicted octanol–water partition coefficient (Wildman–Crippen LogP) is 2.31. The second-order valence-electron chi connectivity index (χ2n) is 5.24. The number of likely N-dealkylation sites (tertiary alicyclic amines) is 1. The molecular formula is C11H16F6N2O. The molecule has 0 saturated carbocycles. The Morgan fingerprint density at radius 1 is 1.15 bits per heavy atom. The van der Waals surface area contributed by atoms with E-state index in [0.29, 0.717) is 4.90 Å². The van der Waals surface area contributed by atoms with Gasteiger partial charge in [0.15, 0.2) is 5.41 Å². The second kappa shape index (κ2) is 5.09. The number of hydrogen-bond acceptors (Lipinski definition) is 2. The number of amides is 1. The lowest BCUT2D eigenvalue weighted by atomic mass is 9.85. The van der Waals surface area contributed by atoms with Crippen LogP contribution in [0.2, 0.25) is 0 Å². The minimum absolute atomic E-state index is 0.574. The number of alkyl halides is 6. The van der Waals surface area contributed by atoms with E-state index in [1.54, 1.807) is 0 Å². The van der Waals surface area contributed by atoms with Crippen molar-refractivity contribution in [2.45, 2.75) is 38.7 Å². The summed E-state index contributed by atoms with van der Waals surface area (Å²) in [5.74, 6) is -1.61. The van der Waals surface area contributed by atoms with E-state index in [1.165, 1.54) is 13.8 Å². The maximum absolute atomic E-state index is 12.8. The van der Waals surface area contributed by atoms with Crippen molar-refractivity contribution in [1.29, 1.82) is 0 Å². The summed E-state index contributed by atoms with van der Waals surface area (Å²) in [4.78, 5) is 12.4. The van der Waals surface area contributed by atoms with Crippen LogP contribution >= 0.6 is 0 Å². The lowest BCUT2D eigenvalue weighted by Crippen LogP contribution is -2.52. The molecule has 20 heavy (non-hydrogen) atoms. The highest BCUT2D eigenvalue weighted by Gasteiger charge is 2.72. The summed E-state index contributed by atoms with van der Waals surface area (Å²) in [5.41, 5.74) is 1.61. The number of nitrogens with zero attached hydrogens (tertiary/aromatic N) is 1. The Balaban J connectivity index is 3.01. The van der Waals surface area contributed by atoms with Crippen LogP contribution in [0.3, 0.4) is 0 Å². The van der Waals surface area contributed by atoms with Crippen molar-refractivity contribution in [2.24, 2.45) is 17.1 Å². The van der Waals surface area contributed by atoms with Crippen LogP contribution in [-0.4, -0.2) is 42.3 Å². The molecule has 1 heterocycles. The van der Waals surface area contributed by atoms with Gasteiger partial charge in [0.05, 0.1) is 5.92 Å². The quantitative estimate of drug-likeness (QED) is 0.796. The molecule has 118 valence electrons. The fraction of sp³-hybridized carbons (Fsp3) is 0.909. The standard InChI is InChI=1S/C11H16F6N2O/c1-6(7(2)18)8(20)19-4-3-9(5-19,10(12,13)14)11(15,16)17/h6-7H,3-5,18H2,1-2H3. The average Bonchev–Trinajstić information content (AvgIpc) is 2.71. The molecule has 0 aromatic rings. The summed E-state index contributed by atoms with van der Waals surface area (Å²) >= 11 is 0. The molecule has 1 rings (SSSR count). The molecule has 0 radical (unpaired) electrons. The molecule has 1 fully saturated rings. The van der Waals surface area contributed by atoms with Gasteiger partial charge in [0.25, 0.3) is 0 Å². The van der Waals surface area contributed by atoms with Crippen molar-refractivity contribution in [1.82, 2.24) is 4.90 Å². The van der Waals surface area contributed by atoms with E-state index in [0.717, 1.165) is 0 Å². The summed E-state index contributed by atoms with van der Waals surface area (Å²) in [5, 5.41) is 0. The van der Waals surface area contributed by atoms with Gasteiger partial charge in [-0.05, 0) is 13.3 Å². The van der Waals surface area contributed by atoms with E-state index in [4.69, 9.17) is 5.73 Å². The first kappa shape index (κ1) is 17.1. The van der Waals surface area contributed by atoms with Gasteiger partial charge in [-0.1, -0.05) is 6.92 Å². The first-order chi connectivity index (χ1) is 8.83. The van der Waals surface area contributed by atoms with E-state index in [2.05, 4.69) is 0 Å². The summed E-state index contributed by atoms with van der Waals surface area (Å²) in [6, 6.07) is -0.644. The van der Waals surface area contributed by atoms with Gasteiger partial charge in [0.1, 0.15) is 0 Å². The Bertz CT molecular complexity index is 362. The van der Waals surface area contributed by atoms with E-state index in [9.17, 15) is 31.1 Å². The van der Waals surface area contributed by atoms with Gasteiger partial charge in [-0.15, -0.1) is 0 Å². The largest absolute Gasteiger partial charge is 0.404 e. The van der Waals surface area contributed by atoms with Crippen LogP contribution in [0.4, 0.5) is 26.3 Å². The smallest absolute Gasteiger partial charge is 0.341 e. The monoisotopic (exact) mass is 306 g/mol. The lowest BCUT2D eigenvalue weighted by molar-refractivity contribution is -0.334. The number of rotatable bonds is 2. The van der Waals surface area contributed by atoms with Crippen molar-refractivity contribution in [3.8, 4) is 0 Å². The molecular weight excluding hydrogens is 290 g/mol. The van der Waals surface area contributed by atoms with Crippen LogP contribution in [0.15, 0.2) is 0 Å². The van der Waals surface area contributed by atoms with Gasteiger partial charge in [-0.25, -0.2) is 0 Å². The molecule has 1 saturated heterocycles. The summed E-state index contributed by atoms with van der Waals surface area (Å²) in [7, 11) is 0. The molecule has 1 aliphatic heterocycles. The Morgan fingerprint density at radius 3 is 1.90 bits per heavy atom. The molecule has 2 unspecified atom stereocenters. The number of halogens is 6. The first-order valence-electron chi connectivity index (χ1n) is 6.01. The topological polar surface area (TPSA) is 46.3 Å². The molecule has 1 amide bonds. The molecule has 0 aliphatic carbocycles. The van der Waals surface area contributed by atoms with E-state index >= 15 is 0 Å². The minimum atomic E-state index is -5.45. The van der Waals surface area contributed by atoms with E-state index < -0.39 is 55.1 Å². The third-order valence-corrected chi connectivity index (χ3v) is 3.84. The van der Waals surface area contributed by atoms with Crippen LogP contribution in [0.5, 0.6) is 0 Å². The Hall–Kier alpha value is -0.990. The molecule has 0 spiro atoms. The molecule has 3 nitrogen and oxygen atoms in total. The molecule has 2 atom stereocenters. The maximum Gasteiger partial charge on any atom is 0.404 e. The van der Waals surface area contributed by atoms with E-state index in [-0.39, 0.29) is 0 Å². The second-order valence-corrected chi connectivity index (χ2v) is 5.24. The van der Waals surface area contributed by atoms with Crippen LogP contribution in [0.25, 0.3) is 0 Å². The summed E-state index contributed by atoms with van der Waals surface area (Å²) in [6.07, 6.45) is -12.1. The fourth-order valence-electron chi connectivity index (χ4n) is 2.13. The number of carbonyl (C=O) groups is 1. The summed E-state index contributed by atoms with van der Waals surface area (Å²) < 4.78 is 77.0. The van der Waals surface area contributed by atoms with Gasteiger partial charge in [0.2, 0.25) is 5.91 Å². The van der Waals surface area contributed by atoms with Crippen LogP contribution in [0, 0.1) is 11.3 Å². The molecule has 1 aliphatic rings. The van der Waals surface area contributed by atoms with Crippen molar-refractivity contribution in [3.63, 3.8) is 0 Å². The Kier molecular flexibility index (Phi) is 4.34. The highest BCUT2D eigenvalue weighted by Crippen LogP contribution is 2.55. The lowest BCUT2D eigenvalue weighted by Gasteiger charge is -2.34. The molecule has 0 aromatic carbocycles.